The van der Waals surface area contributed by atoms with Crippen LogP contribution < -0.4 is 34.9 Å². The van der Waals surface area contributed by atoms with E-state index in [4.69, 9.17) is 29.5 Å². The standard InChI is InChI=1S/C47H61N11O10S2Si/c1-47(2,3)71(7,8)68-37(25-49-46(59)60)26-50-69(61,62)41-22-21-40(56-24-23-38-39(30-56)52-45(48)51-38)42(44-53-55-58(54-44)29-33-13-19-36(67-6)20-14-33)43(41)70(63,64)57(27-31-9-15-34(65-4)16-10-31)28-32-11-17-35(66-5)18-12-32/h9-22,37,49-50H,23-30H2,1-8H3,(H,59,60)(H3,48,51,52). The summed E-state index contributed by atoms with van der Waals surface area (Å²) in [7, 11) is -7.83. The van der Waals surface area contributed by atoms with Gasteiger partial charge >= 0.3 is 6.09 Å². The Bertz CT molecular complexity index is 2990. The lowest BCUT2D eigenvalue weighted by atomic mass is 10.1. The largest absolute Gasteiger partial charge is 0.497 e. The van der Waals surface area contributed by atoms with Crippen molar-refractivity contribution in [2.24, 2.45) is 0 Å². The van der Waals surface area contributed by atoms with Gasteiger partial charge in [-0.15, -0.1) is 10.2 Å². The number of hydrogen-bond donors (Lipinski definition) is 5. The molecular weight excluding hydrogens is 971 g/mol. The van der Waals surface area contributed by atoms with Gasteiger partial charge in [0.05, 0.1) is 57.5 Å². The first-order valence-electron chi connectivity index (χ1n) is 22.7. The fraction of sp³-hybridized carbons (Fsp3) is 0.383. The van der Waals surface area contributed by atoms with E-state index in [-0.39, 0.29) is 55.1 Å². The number of methoxy groups -OCH3 is 3. The Kier molecular flexibility index (Phi) is 15.8. The Labute approximate surface area is 414 Å². The van der Waals surface area contributed by atoms with E-state index in [9.17, 15) is 9.90 Å². The topological polar surface area (TPSA) is 271 Å². The first-order chi connectivity index (χ1) is 33.6. The van der Waals surface area contributed by atoms with Crippen molar-refractivity contribution in [2.75, 3.05) is 51.6 Å². The molecule has 2 aromatic heterocycles. The predicted octanol–water partition coefficient (Wildman–Crippen LogP) is 5.61. The Balaban J connectivity index is 1.45. The van der Waals surface area contributed by atoms with Crippen molar-refractivity contribution >= 4 is 46.1 Å². The Hall–Kier alpha value is -6.57. The van der Waals surface area contributed by atoms with Gasteiger partial charge in [-0.1, -0.05) is 57.2 Å². The van der Waals surface area contributed by atoms with E-state index in [1.54, 1.807) is 67.8 Å². The second-order valence-electron chi connectivity index (χ2n) is 18.5. The Morgan fingerprint density at radius 3 is 1.96 bits per heavy atom. The number of imidazole rings is 1. The first kappa shape index (κ1) is 52.3. The fourth-order valence-electron chi connectivity index (χ4n) is 7.78. The molecule has 0 fully saturated rings. The number of H-pyrrole nitrogens is 1. The molecule has 0 spiro atoms. The number of benzene rings is 4. The molecule has 6 aromatic rings. The van der Waals surface area contributed by atoms with Crippen molar-refractivity contribution in [1.29, 1.82) is 0 Å². The monoisotopic (exact) mass is 1030 g/mol. The van der Waals surface area contributed by atoms with Crippen molar-refractivity contribution < 1.29 is 45.4 Å². The molecule has 0 bridgehead atoms. The maximum absolute atomic E-state index is 16.2. The van der Waals surface area contributed by atoms with E-state index in [1.165, 1.54) is 35.5 Å². The predicted molar refractivity (Wildman–Crippen MR) is 269 cm³/mol. The number of hydrogen-bond acceptors (Lipinski definition) is 15. The van der Waals surface area contributed by atoms with Crippen molar-refractivity contribution in [2.45, 2.75) is 87.4 Å². The van der Waals surface area contributed by atoms with Crippen LogP contribution >= 0.6 is 0 Å². The number of nitrogens with two attached hydrogens (primary N) is 1. The number of sulfonamides is 2. The molecule has 71 heavy (non-hydrogen) atoms. The third-order valence-electron chi connectivity index (χ3n) is 12.6. The number of carboxylic acid groups (broad SMARTS) is 1. The van der Waals surface area contributed by atoms with Gasteiger partial charge in [0.1, 0.15) is 27.0 Å². The molecule has 1 atom stereocenters. The summed E-state index contributed by atoms with van der Waals surface area (Å²) < 4.78 is 89.3. The summed E-state index contributed by atoms with van der Waals surface area (Å²) in [5.74, 6) is 1.79. The number of amides is 1. The van der Waals surface area contributed by atoms with Crippen LogP contribution in [0.15, 0.2) is 94.7 Å². The van der Waals surface area contributed by atoms with Gasteiger partial charge in [0.25, 0.3) is 0 Å². The van der Waals surface area contributed by atoms with Crippen LogP contribution in [0.1, 0.15) is 48.8 Å². The number of nitrogens with one attached hydrogen (secondary N) is 3. The maximum Gasteiger partial charge on any atom is 0.404 e. The molecule has 21 nitrogen and oxygen atoms in total. The van der Waals surface area contributed by atoms with Crippen LogP contribution in [-0.2, 0) is 57.1 Å². The molecule has 0 saturated carbocycles. The molecule has 0 saturated heterocycles. The smallest absolute Gasteiger partial charge is 0.404 e. The highest BCUT2D eigenvalue weighted by Crippen LogP contribution is 2.43. The Morgan fingerprint density at radius 1 is 0.859 bits per heavy atom. The maximum atomic E-state index is 16.2. The van der Waals surface area contributed by atoms with Crippen molar-refractivity contribution in [3.8, 4) is 28.6 Å². The molecule has 1 amide bonds. The van der Waals surface area contributed by atoms with Gasteiger partial charge in [0.2, 0.25) is 25.9 Å². The fourth-order valence-corrected chi connectivity index (χ4v) is 12.6. The molecule has 0 aliphatic carbocycles. The molecule has 1 aliphatic rings. The molecule has 3 heterocycles. The summed E-state index contributed by atoms with van der Waals surface area (Å²) in [5.41, 5.74) is 9.63. The molecule has 24 heteroatoms. The number of rotatable bonds is 21. The average Bonchev–Trinajstić information content (AvgIpc) is 3.97. The van der Waals surface area contributed by atoms with Gasteiger partial charge in [-0.3, -0.25) is 0 Å². The molecule has 0 radical (unpaired) electrons. The van der Waals surface area contributed by atoms with Crippen LogP contribution in [0.4, 0.5) is 16.4 Å². The SMILES string of the molecule is COc1ccc(CN(Cc2ccc(OC)cc2)S(=O)(=O)c2c(S(=O)(=O)NCC(CNC(=O)O)O[Si](C)(C)C(C)(C)C)ccc(N3CCc4nc(N)[nH]c4C3)c2-c2nnn(Cc3ccc(OC)cc3)n2)cc1. The third-order valence-corrected chi connectivity index (χ3v) is 20.6. The highest BCUT2D eigenvalue weighted by molar-refractivity contribution is 7.92. The summed E-state index contributed by atoms with van der Waals surface area (Å²) in [5, 5.41) is 25.1. The number of tetrazole rings is 1. The van der Waals surface area contributed by atoms with E-state index >= 15 is 16.8 Å². The summed E-state index contributed by atoms with van der Waals surface area (Å²) in [6.45, 7) is 9.47. The molecule has 7 rings (SSSR count). The number of ether oxygens (including phenoxy) is 3. The second kappa shape index (κ2) is 21.4. The quantitative estimate of drug-likeness (QED) is 0.0548. The van der Waals surface area contributed by atoms with Gasteiger partial charge in [-0.2, -0.15) is 9.10 Å². The van der Waals surface area contributed by atoms with Crippen LogP contribution in [0.3, 0.4) is 0 Å². The number of anilines is 2. The number of nitrogens with zero attached hydrogens (tertiary/aromatic N) is 7. The van der Waals surface area contributed by atoms with E-state index < -0.39 is 56.9 Å². The molecule has 380 valence electrons. The minimum Gasteiger partial charge on any atom is -0.497 e. The van der Waals surface area contributed by atoms with Gasteiger partial charge in [-0.05, 0) is 88.6 Å². The van der Waals surface area contributed by atoms with Gasteiger partial charge in [0.15, 0.2) is 14.3 Å². The summed E-state index contributed by atoms with van der Waals surface area (Å²) in [6.07, 6.45) is -1.88. The minimum atomic E-state index is -4.97. The lowest BCUT2D eigenvalue weighted by Gasteiger charge is -2.39. The van der Waals surface area contributed by atoms with E-state index in [1.807, 2.05) is 50.9 Å². The van der Waals surface area contributed by atoms with Crippen LogP contribution in [0, 0.1) is 0 Å². The van der Waals surface area contributed by atoms with Crippen LogP contribution in [0.2, 0.25) is 18.1 Å². The lowest BCUT2D eigenvalue weighted by molar-refractivity contribution is 0.163. The number of carbonyl (C=O) groups is 1. The lowest BCUT2D eigenvalue weighted by Crippen LogP contribution is -2.50. The van der Waals surface area contributed by atoms with Gasteiger partial charge in [-0.25, -0.2) is 31.3 Å². The number of aromatic nitrogens is 6. The molecule has 6 N–H and O–H groups in total. The molecule has 4 aromatic carbocycles. The number of fused-ring (bicyclic) bond motifs is 1. The van der Waals surface area contributed by atoms with Crippen molar-refractivity contribution in [3.05, 3.63) is 113 Å². The van der Waals surface area contributed by atoms with Gasteiger partial charge in [0, 0.05) is 44.8 Å². The normalized spacial score (nSPS) is 13.7. The van der Waals surface area contributed by atoms with Crippen molar-refractivity contribution in [3.63, 3.8) is 0 Å². The van der Waals surface area contributed by atoms with Crippen molar-refractivity contribution in [1.82, 2.24) is 44.5 Å². The molecule has 1 unspecified atom stereocenters. The minimum absolute atomic E-state index is 0.121. The molecular formula is C47H61N11O10S2Si. The zero-order valence-corrected chi connectivity index (χ0v) is 43.6. The highest BCUT2D eigenvalue weighted by Gasteiger charge is 2.42. The zero-order chi connectivity index (χ0) is 51.3. The number of nitrogen functional groups attached to an aromatic ring is 1. The van der Waals surface area contributed by atoms with Crippen LogP contribution in [0.5, 0.6) is 17.2 Å². The third kappa shape index (κ3) is 12.3. The van der Waals surface area contributed by atoms with Gasteiger partial charge < -0.3 is 44.7 Å². The number of aromatic amines is 1. The highest BCUT2D eigenvalue weighted by atomic mass is 32.2. The second-order valence-corrected chi connectivity index (χ2v) is 26.9. The van der Waals surface area contributed by atoms with E-state index in [0.717, 1.165) is 11.3 Å². The molecule has 1 aliphatic heterocycles. The van der Waals surface area contributed by atoms with E-state index in [0.29, 0.717) is 52.7 Å². The van der Waals surface area contributed by atoms with Crippen LogP contribution in [0.25, 0.3) is 11.4 Å². The summed E-state index contributed by atoms with van der Waals surface area (Å²) in [6, 6.07) is 23.8. The average molecular weight is 1030 g/mol. The van der Waals surface area contributed by atoms with E-state index in [2.05, 4.69) is 30.3 Å². The van der Waals surface area contributed by atoms with Crippen LogP contribution in [-0.4, -0.2) is 118 Å². The Morgan fingerprint density at radius 2 is 1.42 bits per heavy atom. The summed E-state index contributed by atoms with van der Waals surface area (Å²) >= 11 is 0. The first-order valence-corrected chi connectivity index (χ1v) is 28.5. The zero-order valence-electron chi connectivity index (χ0n) is 41.0. The summed E-state index contributed by atoms with van der Waals surface area (Å²) in [4.78, 5) is 21.2.